The fourth-order valence-corrected chi connectivity index (χ4v) is 5.12. The summed E-state index contributed by atoms with van der Waals surface area (Å²) >= 11 is 0. The van der Waals surface area contributed by atoms with Gasteiger partial charge in [0, 0.05) is 38.2 Å². The monoisotopic (exact) mass is 424 g/mol. The first kappa shape index (κ1) is 20.4. The number of H-pyrrole nitrogens is 1. The van der Waals surface area contributed by atoms with E-state index >= 15 is 0 Å². The second-order valence-corrected chi connectivity index (χ2v) is 8.96. The molecular formula is C24H32N4O3. The zero-order valence-electron chi connectivity index (χ0n) is 18.3. The van der Waals surface area contributed by atoms with E-state index in [0.717, 1.165) is 63.5 Å². The van der Waals surface area contributed by atoms with E-state index in [1.165, 1.54) is 24.0 Å². The number of morpholine rings is 1. The van der Waals surface area contributed by atoms with Gasteiger partial charge in [0.15, 0.2) is 0 Å². The molecule has 0 saturated carbocycles. The molecule has 31 heavy (non-hydrogen) atoms. The normalized spacial score (nSPS) is 23.9. The molecule has 4 heterocycles. The van der Waals surface area contributed by atoms with E-state index in [1.807, 2.05) is 0 Å². The van der Waals surface area contributed by atoms with Crippen LogP contribution in [-0.4, -0.2) is 55.0 Å². The molecular weight excluding hydrogens is 392 g/mol. The van der Waals surface area contributed by atoms with E-state index in [-0.39, 0.29) is 11.7 Å². The first-order chi connectivity index (χ1) is 15.2. The summed E-state index contributed by atoms with van der Waals surface area (Å²) in [5.41, 5.74) is 2.49. The summed E-state index contributed by atoms with van der Waals surface area (Å²) in [5.74, 6) is 2.52. The lowest BCUT2D eigenvalue weighted by atomic mass is 9.98. The van der Waals surface area contributed by atoms with Crippen molar-refractivity contribution in [3.63, 3.8) is 0 Å². The predicted octanol–water partition coefficient (Wildman–Crippen LogP) is 2.92. The van der Waals surface area contributed by atoms with Crippen LogP contribution >= 0.6 is 0 Å². The van der Waals surface area contributed by atoms with Crippen LogP contribution in [0.15, 0.2) is 29.1 Å². The molecule has 5 rings (SSSR count). The minimum absolute atomic E-state index is 0.0916. The van der Waals surface area contributed by atoms with Gasteiger partial charge in [0.2, 0.25) is 5.95 Å². The standard InChI is InChI=1S/C24H32N4O3/c1-17-16-27(11-13-30-17)21-15-22(29)26-24(25-21)28-10-4-2-3-8-20(28)14-19-7-5-6-18-9-12-31-23(18)19/h5-7,15,17,20H,2-4,8-14,16H2,1H3,(H,25,26,29). The van der Waals surface area contributed by atoms with Crippen LogP contribution in [0, 0.1) is 0 Å². The first-order valence-electron chi connectivity index (χ1n) is 11.7. The molecule has 1 aromatic carbocycles. The van der Waals surface area contributed by atoms with Crippen molar-refractivity contribution in [2.75, 3.05) is 42.6 Å². The largest absolute Gasteiger partial charge is 0.493 e. The van der Waals surface area contributed by atoms with Crippen LogP contribution in [0.3, 0.4) is 0 Å². The van der Waals surface area contributed by atoms with Gasteiger partial charge < -0.3 is 19.3 Å². The summed E-state index contributed by atoms with van der Waals surface area (Å²) in [7, 11) is 0. The zero-order chi connectivity index (χ0) is 21.2. The Kier molecular flexibility index (Phi) is 5.85. The highest BCUT2D eigenvalue weighted by Gasteiger charge is 2.27. The number of nitrogens with zero attached hydrogens (tertiary/aromatic N) is 3. The third kappa shape index (κ3) is 4.42. The average molecular weight is 425 g/mol. The number of rotatable bonds is 4. The maximum Gasteiger partial charge on any atom is 0.254 e. The Labute approximate surface area is 183 Å². The molecule has 7 heteroatoms. The van der Waals surface area contributed by atoms with Gasteiger partial charge in [0.1, 0.15) is 11.6 Å². The maximum atomic E-state index is 12.6. The van der Waals surface area contributed by atoms with Crippen molar-refractivity contribution in [1.29, 1.82) is 0 Å². The van der Waals surface area contributed by atoms with Crippen LogP contribution in [0.2, 0.25) is 0 Å². The van der Waals surface area contributed by atoms with E-state index in [4.69, 9.17) is 14.5 Å². The van der Waals surface area contributed by atoms with Crippen molar-refractivity contribution in [3.8, 4) is 5.75 Å². The lowest BCUT2D eigenvalue weighted by Crippen LogP contribution is -2.43. The number of anilines is 2. The summed E-state index contributed by atoms with van der Waals surface area (Å²) in [6, 6.07) is 8.41. The summed E-state index contributed by atoms with van der Waals surface area (Å²) in [4.78, 5) is 25.0. The molecule has 2 fully saturated rings. The highest BCUT2D eigenvalue weighted by Crippen LogP contribution is 2.33. The highest BCUT2D eigenvalue weighted by molar-refractivity contribution is 5.47. The number of hydrogen-bond donors (Lipinski definition) is 1. The van der Waals surface area contributed by atoms with Crippen LogP contribution < -0.4 is 20.1 Å². The Balaban J connectivity index is 1.44. The summed E-state index contributed by atoms with van der Waals surface area (Å²) in [5, 5.41) is 0. The van der Waals surface area contributed by atoms with Gasteiger partial charge >= 0.3 is 0 Å². The van der Waals surface area contributed by atoms with Crippen molar-refractivity contribution in [2.45, 2.75) is 57.6 Å². The SMILES string of the molecule is CC1CN(c2cc(=O)[nH]c(N3CCCCCC3Cc3cccc4c3OCC4)n2)CCO1. The van der Waals surface area contributed by atoms with E-state index in [2.05, 4.69) is 39.9 Å². The molecule has 2 aromatic rings. The number of nitrogens with one attached hydrogen (secondary N) is 1. The summed E-state index contributed by atoms with van der Waals surface area (Å²) in [6.45, 7) is 5.92. The van der Waals surface area contributed by atoms with Crippen LogP contribution in [0.4, 0.5) is 11.8 Å². The fourth-order valence-electron chi connectivity index (χ4n) is 5.12. The Morgan fingerprint density at radius 3 is 3.03 bits per heavy atom. The Morgan fingerprint density at radius 2 is 2.13 bits per heavy atom. The molecule has 0 bridgehead atoms. The molecule has 7 nitrogen and oxygen atoms in total. The smallest absolute Gasteiger partial charge is 0.254 e. The van der Waals surface area contributed by atoms with Crippen molar-refractivity contribution >= 4 is 11.8 Å². The minimum Gasteiger partial charge on any atom is -0.493 e. The third-order valence-corrected chi connectivity index (χ3v) is 6.68. The van der Waals surface area contributed by atoms with Crippen molar-refractivity contribution in [1.82, 2.24) is 9.97 Å². The van der Waals surface area contributed by atoms with Crippen molar-refractivity contribution < 1.29 is 9.47 Å². The third-order valence-electron chi connectivity index (χ3n) is 6.68. The van der Waals surface area contributed by atoms with E-state index in [9.17, 15) is 4.79 Å². The molecule has 0 amide bonds. The minimum atomic E-state index is -0.0916. The molecule has 0 spiro atoms. The number of aromatic amines is 1. The van der Waals surface area contributed by atoms with Crippen LogP contribution in [-0.2, 0) is 17.6 Å². The fraction of sp³-hybridized carbons (Fsp3) is 0.583. The van der Waals surface area contributed by atoms with Gasteiger partial charge in [-0.05, 0) is 37.3 Å². The number of fused-ring (bicyclic) bond motifs is 1. The van der Waals surface area contributed by atoms with E-state index in [1.54, 1.807) is 6.07 Å². The molecule has 2 unspecified atom stereocenters. The molecule has 0 aliphatic carbocycles. The highest BCUT2D eigenvalue weighted by atomic mass is 16.5. The van der Waals surface area contributed by atoms with E-state index < -0.39 is 0 Å². The molecule has 0 radical (unpaired) electrons. The molecule has 1 N–H and O–H groups in total. The molecule has 2 atom stereocenters. The average Bonchev–Trinajstić information content (AvgIpc) is 3.13. The van der Waals surface area contributed by atoms with Gasteiger partial charge in [-0.15, -0.1) is 0 Å². The van der Waals surface area contributed by atoms with Crippen molar-refractivity contribution in [2.24, 2.45) is 0 Å². The Hall–Kier alpha value is -2.54. The van der Waals surface area contributed by atoms with Gasteiger partial charge in [-0.2, -0.15) is 4.98 Å². The molecule has 3 aliphatic rings. The maximum absolute atomic E-state index is 12.6. The summed E-state index contributed by atoms with van der Waals surface area (Å²) in [6.07, 6.45) is 6.65. The molecule has 3 aliphatic heterocycles. The number of para-hydroxylation sites is 1. The lowest BCUT2D eigenvalue weighted by Gasteiger charge is -2.34. The predicted molar refractivity (Wildman–Crippen MR) is 121 cm³/mol. The van der Waals surface area contributed by atoms with Crippen molar-refractivity contribution in [3.05, 3.63) is 45.7 Å². The number of aromatic nitrogens is 2. The topological polar surface area (TPSA) is 70.7 Å². The number of benzene rings is 1. The Bertz CT molecular complexity index is 976. The van der Waals surface area contributed by atoms with Gasteiger partial charge in [0.05, 0.1) is 19.3 Å². The molecule has 2 saturated heterocycles. The summed E-state index contributed by atoms with van der Waals surface area (Å²) < 4.78 is 11.6. The van der Waals surface area contributed by atoms with E-state index in [0.29, 0.717) is 18.6 Å². The zero-order valence-corrected chi connectivity index (χ0v) is 18.3. The Morgan fingerprint density at radius 1 is 1.19 bits per heavy atom. The second-order valence-electron chi connectivity index (χ2n) is 8.96. The van der Waals surface area contributed by atoms with Crippen LogP contribution in [0.1, 0.15) is 43.7 Å². The second kappa shape index (κ2) is 8.91. The van der Waals surface area contributed by atoms with Gasteiger partial charge in [-0.3, -0.25) is 9.78 Å². The first-order valence-corrected chi connectivity index (χ1v) is 11.7. The lowest BCUT2D eigenvalue weighted by molar-refractivity contribution is 0.0529. The number of hydrogen-bond acceptors (Lipinski definition) is 6. The molecule has 166 valence electrons. The van der Waals surface area contributed by atoms with Crippen LogP contribution in [0.25, 0.3) is 0 Å². The van der Waals surface area contributed by atoms with Gasteiger partial charge in [0.25, 0.3) is 5.56 Å². The quantitative estimate of drug-likeness (QED) is 0.814. The van der Waals surface area contributed by atoms with Gasteiger partial charge in [-0.25, -0.2) is 0 Å². The van der Waals surface area contributed by atoms with Gasteiger partial charge in [-0.1, -0.05) is 31.0 Å². The number of ether oxygens (including phenoxy) is 2. The van der Waals surface area contributed by atoms with Crippen LogP contribution in [0.5, 0.6) is 5.75 Å². The molecule has 1 aromatic heterocycles.